The zero-order valence-electron chi connectivity index (χ0n) is 18.5. The monoisotopic (exact) mass is 415 g/mol. The van der Waals surface area contributed by atoms with E-state index in [-0.39, 0.29) is 5.56 Å². The Kier molecular flexibility index (Phi) is 9.53. The number of fused-ring (bicyclic) bond motifs is 1. The molecule has 162 valence electrons. The molecule has 0 aliphatic rings. The van der Waals surface area contributed by atoms with Gasteiger partial charge in [-0.3, -0.25) is 9.79 Å². The molecule has 0 atom stereocenters. The number of carbonyl (C=O) groups excluding carboxylic acids is 1. The number of hydrogen-bond donors (Lipinski definition) is 1. The van der Waals surface area contributed by atoms with E-state index in [4.69, 9.17) is 0 Å². The van der Waals surface area contributed by atoms with Gasteiger partial charge in [-0.1, -0.05) is 26.8 Å². The molecular weight excluding hydrogens is 384 g/mol. The Bertz CT molecular complexity index is 1000. The molecule has 0 amide bonds. The van der Waals surface area contributed by atoms with Crippen LogP contribution in [0, 0.1) is 6.92 Å². The highest BCUT2D eigenvalue weighted by atomic mass is 19.3. The molecule has 3 aromatic rings. The summed E-state index contributed by atoms with van der Waals surface area (Å²) in [6.45, 7) is 8.65. The van der Waals surface area contributed by atoms with Gasteiger partial charge in [-0.25, -0.2) is 8.78 Å². The van der Waals surface area contributed by atoms with Crippen molar-refractivity contribution in [2.24, 2.45) is 10.7 Å². The summed E-state index contributed by atoms with van der Waals surface area (Å²) in [5.41, 5.74) is 8.06. The molecule has 0 saturated carbocycles. The van der Waals surface area contributed by atoms with Gasteiger partial charge < -0.3 is 10.1 Å². The second-order valence-electron chi connectivity index (χ2n) is 6.35. The molecule has 1 aromatic carbocycles. The summed E-state index contributed by atoms with van der Waals surface area (Å²) >= 11 is 0. The van der Waals surface area contributed by atoms with Crippen molar-refractivity contribution < 1.29 is 13.6 Å². The van der Waals surface area contributed by atoms with Crippen LogP contribution < -0.4 is 5.73 Å². The molecule has 0 radical (unpaired) electrons. The van der Waals surface area contributed by atoms with Crippen LogP contribution in [-0.2, 0) is 5.92 Å². The Labute approximate surface area is 177 Å². The van der Waals surface area contributed by atoms with Crippen molar-refractivity contribution in [1.82, 2.24) is 4.40 Å². The lowest BCUT2D eigenvalue weighted by Crippen LogP contribution is -2.10. The number of halogens is 2. The van der Waals surface area contributed by atoms with E-state index in [0.717, 1.165) is 19.6 Å². The number of nitrogens with zero attached hydrogens (tertiary/aromatic N) is 2. The minimum absolute atomic E-state index is 0.0487. The number of aromatic nitrogens is 1. The van der Waals surface area contributed by atoms with Gasteiger partial charge in [0.25, 0.3) is 5.92 Å². The van der Waals surface area contributed by atoms with Crippen molar-refractivity contribution in [2.75, 3.05) is 7.05 Å². The zero-order chi connectivity index (χ0) is 22.9. The van der Waals surface area contributed by atoms with E-state index >= 15 is 0 Å². The lowest BCUT2D eigenvalue weighted by molar-refractivity contribution is 0.0180. The van der Waals surface area contributed by atoms with Gasteiger partial charge >= 0.3 is 0 Å². The van der Waals surface area contributed by atoms with E-state index < -0.39 is 5.92 Å². The molecule has 0 aliphatic heterocycles. The van der Waals surface area contributed by atoms with Crippen LogP contribution in [0.25, 0.3) is 16.6 Å². The fourth-order valence-electron chi connectivity index (χ4n) is 3.10. The van der Waals surface area contributed by atoms with E-state index in [2.05, 4.69) is 10.7 Å². The van der Waals surface area contributed by atoms with Crippen LogP contribution in [0.1, 0.15) is 55.7 Å². The van der Waals surface area contributed by atoms with E-state index in [1.165, 1.54) is 13.1 Å². The van der Waals surface area contributed by atoms with E-state index in [1.54, 1.807) is 54.1 Å². The molecule has 6 heteroatoms. The Morgan fingerprint density at radius 2 is 1.80 bits per heavy atom. The highest BCUT2D eigenvalue weighted by Crippen LogP contribution is 2.41. The highest BCUT2D eigenvalue weighted by molar-refractivity contribution is 5.88. The van der Waals surface area contributed by atoms with Gasteiger partial charge in [-0.15, -0.1) is 0 Å². The first-order chi connectivity index (χ1) is 14.4. The maximum atomic E-state index is 14.3. The summed E-state index contributed by atoms with van der Waals surface area (Å²) in [6.07, 6.45) is 5.02. The van der Waals surface area contributed by atoms with Crippen molar-refractivity contribution in [2.45, 2.75) is 47.0 Å². The number of alkyl halides is 2. The van der Waals surface area contributed by atoms with Crippen molar-refractivity contribution >= 4 is 23.7 Å². The maximum Gasteiger partial charge on any atom is 0.271 e. The second kappa shape index (κ2) is 11.4. The van der Waals surface area contributed by atoms with Gasteiger partial charge in [-0.05, 0) is 61.9 Å². The Morgan fingerprint density at radius 1 is 1.13 bits per heavy atom. The predicted octanol–water partition coefficient (Wildman–Crippen LogP) is 6.55. The Morgan fingerprint density at radius 3 is 2.37 bits per heavy atom. The van der Waals surface area contributed by atoms with Crippen molar-refractivity contribution in [1.29, 1.82) is 0 Å². The molecule has 0 aliphatic carbocycles. The highest BCUT2D eigenvalue weighted by Gasteiger charge is 2.29. The number of nitrogens with two attached hydrogens (primary N) is 1. The zero-order valence-corrected chi connectivity index (χ0v) is 18.5. The van der Waals surface area contributed by atoms with Crippen LogP contribution in [0.2, 0.25) is 0 Å². The molecule has 0 bridgehead atoms. The van der Waals surface area contributed by atoms with Crippen LogP contribution in [0.5, 0.6) is 0 Å². The quantitative estimate of drug-likeness (QED) is 0.379. The fourth-order valence-corrected chi connectivity index (χ4v) is 3.10. The molecule has 30 heavy (non-hydrogen) atoms. The summed E-state index contributed by atoms with van der Waals surface area (Å²) in [5, 5.41) is 0. The third kappa shape index (κ3) is 5.39. The number of benzene rings is 1. The molecule has 2 heterocycles. The number of pyridine rings is 1. The minimum atomic E-state index is -3.00. The fraction of sp³-hybridized carbons (Fsp3) is 0.333. The lowest BCUT2D eigenvalue weighted by atomic mass is 9.93. The summed E-state index contributed by atoms with van der Waals surface area (Å²) < 4.78 is 30.4. The van der Waals surface area contributed by atoms with Crippen molar-refractivity contribution in [3.8, 4) is 11.1 Å². The Hall–Kier alpha value is -2.86. The largest absolute Gasteiger partial charge is 0.333 e. The number of aliphatic imine (C=N–C) groups is 1. The third-order valence-electron chi connectivity index (χ3n) is 4.36. The number of aldehydes is 1. The molecule has 0 unspecified atom stereocenters. The summed E-state index contributed by atoms with van der Waals surface area (Å²) in [7, 11) is 1.50. The van der Waals surface area contributed by atoms with E-state index in [0.29, 0.717) is 33.6 Å². The molecule has 0 saturated heterocycles. The van der Waals surface area contributed by atoms with Crippen molar-refractivity contribution in [3.05, 3.63) is 59.4 Å². The number of aryl methyl sites for hydroxylation is 1. The van der Waals surface area contributed by atoms with Crippen LogP contribution in [0.3, 0.4) is 0 Å². The summed E-state index contributed by atoms with van der Waals surface area (Å²) in [6, 6.07) is 10.2. The minimum Gasteiger partial charge on any atom is -0.333 e. The van der Waals surface area contributed by atoms with Crippen LogP contribution in [0.4, 0.5) is 14.5 Å². The first-order valence-electron chi connectivity index (χ1n) is 10.1. The number of rotatable bonds is 5. The van der Waals surface area contributed by atoms with Gasteiger partial charge in [0.15, 0.2) is 6.29 Å². The predicted molar refractivity (Wildman–Crippen MR) is 122 cm³/mol. The topological polar surface area (TPSA) is 59.9 Å². The first-order valence-corrected chi connectivity index (χ1v) is 10.1. The molecule has 0 spiro atoms. The van der Waals surface area contributed by atoms with Gasteiger partial charge in [-0.2, -0.15) is 0 Å². The summed E-state index contributed by atoms with van der Waals surface area (Å²) in [5.74, 6) is -3.00. The van der Waals surface area contributed by atoms with Crippen LogP contribution in [0.15, 0.2) is 47.6 Å². The van der Waals surface area contributed by atoms with Gasteiger partial charge in [0.1, 0.15) is 0 Å². The average Bonchev–Trinajstić information content (AvgIpc) is 3.18. The van der Waals surface area contributed by atoms with E-state index in [1.807, 2.05) is 20.8 Å². The van der Waals surface area contributed by atoms with E-state index in [9.17, 15) is 13.6 Å². The van der Waals surface area contributed by atoms with Crippen molar-refractivity contribution in [3.63, 3.8) is 0 Å². The van der Waals surface area contributed by atoms with Gasteiger partial charge in [0.05, 0.1) is 16.9 Å². The smallest absolute Gasteiger partial charge is 0.271 e. The normalized spacial score (nSPS) is 11.0. The molecule has 0 fully saturated rings. The standard InChI is InChI=1S/C21H20F2N2O.C2H6.CH5N/c1-4-9-24-19-12-17(18(11-14(19)2)21(3,22)23)16-6-5-10-25-15(13-26)7-8-20(16)25;2*1-2/h5-13H,4H2,1-3H3;1-2H3;2H2,1H3. The average molecular weight is 416 g/mol. The maximum absolute atomic E-state index is 14.3. The first kappa shape index (κ1) is 25.2. The molecule has 4 nitrogen and oxygen atoms in total. The number of carbonyl (C=O) groups is 1. The van der Waals surface area contributed by atoms with Crippen LogP contribution in [-0.4, -0.2) is 23.9 Å². The van der Waals surface area contributed by atoms with Gasteiger partial charge in [0, 0.05) is 30.5 Å². The van der Waals surface area contributed by atoms with Crippen LogP contribution >= 0.6 is 0 Å². The molecular formula is C24H31F2N3O. The number of hydrogen-bond acceptors (Lipinski definition) is 3. The summed E-state index contributed by atoms with van der Waals surface area (Å²) in [4.78, 5) is 15.6. The molecule has 3 rings (SSSR count). The molecule has 2 aromatic heterocycles. The molecule has 2 N–H and O–H groups in total. The van der Waals surface area contributed by atoms with Gasteiger partial charge in [0.2, 0.25) is 0 Å². The third-order valence-corrected chi connectivity index (χ3v) is 4.36. The SMILES string of the molecule is CC.CCC=Nc1cc(-c2cccn3c(C=O)ccc23)c(C(C)(F)F)cc1C.CN. The lowest BCUT2D eigenvalue weighted by Gasteiger charge is -2.19. The Balaban J connectivity index is 0.00000106. The second-order valence-corrected chi connectivity index (χ2v) is 6.35.